The molecule has 6 nitrogen and oxygen atoms in total. The van der Waals surface area contributed by atoms with Gasteiger partial charge >= 0.3 is 0 Å². The molecule has 1 heterocycles. The Balaban J connectivity index is 1.52. The Morgan fingerprint density at radius 2 is 1.88 bits per heavy atom. The Bertz CT molecular complexity index is 664. The van der Waals surface area contributed by atoms with Gasteiger partial charge in [-0.2, -0.15) is 0 Å². The maximum Gasteiger partial charge on any atom is 0.152 e. The monoisotopic (exact) mass is 331 g/mol. The van der Waals surface area contributed by atoms with Gasteiger partial charge in [0.25, 0.3) is 0 Å². The molecule has 1 aromatic heterocycles. The molecule has 128 valence electrons. The second-order valence-corrected chi connectivity index (χ2v) is 6.11. The van der Waals surface area contributed by atoms with E-state index in [1.54, 1.807) is 11.9 Å². The van der Waals surface area contributed by atoms with E-state index in [0.717, 1.165) is 5.56 Å². The molecule has 1 aliphatic rings. The highest BCUT2D eigenvalue weighted by molar-refractivity contribution is 5.75. The van der Waals surface area contributed by atoms with Gasteiger partial charge in [-0.15, -0.1) is 0 Å². The molecule has 0 saturated heterocycles. The molecule has 3 atom stereocenters. The summed E-state index contributed by atoms with van der Waals surface area (Å²) < 4.78 is 20.2. The minimum atomic E-state index is -0.996. The quantitative estimate of drug-likeness (QED) is 0.841. The Morgan fingerprint density at radius 1 is 1.21 bits per heavy atom. The minimum absolute atomic E-state index is 0.117. The van der Waals surface area contributed by atoms with Crippen LogP contribution in [0.25, 0.3) is 0 Å². The number of hydrogen-bond donors (Lipinski definition) is 2. The molecule has 1 fully saturated rings. The van der Waals surface area contributed by atoms with Gasteiger partial charge < -0.3 is 21.1 Å². The van der Waals surface area contributed by atoms with Crippen LogP contribution in [0, 0.1) is 5.92 Å². The van der Waals surface area contributed by atoms with E-state index in [1.165, 1.54) is 6.33 Å². The fraction of sp³-hybridized carbons (Fsp3) is 0.412. The normalized spacial score (nSPS) is 22.8. The lowest BCUT2D eigenvalue weighted by Crippen LogP contribution is -2.55. The predicted octanol–water partition coefficient (Wildman–Crippen LogP) is 2.02. The first-order chi connectivity index (χ1) is 11.6. The van der Waals surface area contributed by atoms with E-state index in [0.29, 0.717) is 25.3 Å². The number of hydrogen-bond acceptors (Lipinski definition) is 6. The summed E-state index contributed by atoms with van der Waals surface area (Å²) in [5.74, 6) is 0.412. The number of nitrogens with zero attached hydrogens (tertiary/aromatic N) is 3. The van der Waals surface area contributed by atoms with Gasteiger partial charge in [0.1, 0.15) is 18.2 Å². The van der Waals surface area contributed by atoms with Crippen molar-refractivity contribution in [3.05, 3.63) is 42.2 Å². The first kappa shape index (κ1) is 16.4. The van der Waals surface area contributed by atoms with Crippen LogP contribution in [0.2, 0.25) is 0 Å². The molecule has 0 spiro atoms. The van der Waals surface area contributed by atoms with Crippen molar-refractivity contribution in [2.75, 3.05) is 30.0 Å². The van der Waals surface area contributed by atoms with Gasteiger partial charge in [0.2, 0.25) is 0 Å². The fourth-order valence-electron chi connectivity index (χ4n) is 3.06. The summed E-state index contributed by atoms with van der Waals surface area (Å²) in [6.07, 6.45) is 0.987. The molecule has 24 heavy (non-hydrogen) atoms. The third-order valence-corrected chi connectivity index (χ3v) is 4.53. The van der Waals surface area contributed by atoms with E-state index in [2.05, 4.69) is 9.97 Å². The summed E-state index contributed by atoms with van der Waals surface area (Å²) in [7, 11) is 1.77. The molecular weight excluding hydrogens is 309 g/mol. The summed E-state index contributed by atoms with van der Waals surface area (Å²) in [6, 6.07) is 9.57. The van der Waals surface area contributed by atoms with Crippen molar-refractivity contribution < 1.29 is 9.13 Å². The van der Waals surface area contributed by atoms with Crippen molar-refractivity contribution >= 4 is 17.3 Å². The molecule has 3 unspecified atom stereocenters. The van der Waals surface area contributed by atoms with Crippen LogP contribution in [-0.4, -0.2) is 35.8 Å². The third-order valence-electron chi connectivity index (χ3n) is 4.53. The van der Waals surface area contributed by atoms with Gasteiger partial charge in [0, 0.05) is 13.0 Å². The van der Waals surface area contributed by atoms with Crippen LogP contribution in [0.5, 0.6) is 0 Å². The van der Waals surface area contributed by atoms with E-state index in [-0.39, 0.29) is 23.6 Å². The lowest BCUT2D eigenvalue weighted by molar-refractivity contribution is -0.00785. The van der Waals surface area contributed by atoms with Gasteiger partial charge in [0.05, 0.1) is 19.3 Å². The highest BCUT2D eigenvalue weighted by Crippen LogP contribution is 2.39. The molecule has 0 aliphatic heterocycles. The number of aromatic nitrogens is 2. The van der Waals surface area contributed by atoms with E-state index in [1.807, 2.05) is 30.3 Å². The van der Waals surface area contributed by atoms with Crippen molar-refractivity contribution in [2.24, 2.45) is 5.92 Å². The number of halogens is 1. The van der Waals surface area contributed by atoms with Crippen molar-refractivity contribution in [2.45, 2.75) is 25.2 Å². The molecule has 1 aromatic carbocycles. The second kappa shape index (κ2) is 7.00. The number of nitrogen functional groups attached to an aromatic ring is 2. The van der Waals surface area contributed by atoms with E-state index in [9.17, 15) is 4.39 Å². The van der Waals surface area contributed by atoms with Crippen LogP contribution in [0.1, 0.15) is 12.0 Å². The van der Waals surface area contributed by atoms with Gasteiger partial charge in [-0.3, -0.25) is 0 Å². The van der Waals surface area contributed by atoms with Crippen molar-refractivity contribution in [3.8, 4) is 0 Å². The Kier molecular flexibility index (Phi) is 4.80. The first-order valence-electron chi connectivity index (χ1n) is 7.92. The number of nitrogens with two attached hydrogens (primary N) is 2. The summed E-state index contributed by atoms with van der Waals surface area (Å²) in [4.78, 5) is 9.59. The lowest BCUT2D eigenvalue weighted by Gasteiger charge is -2.45. The van der Waals surface area contributed by atoms with Crippen LogP contribution in [0.3, 0.4) is 0 Å². The van der Waals surface area contributed by atoms with Crippen LogP contribution in [0.4, 0.5) is 21.7 Å². The average molecular weight is 331 g/mol. The topological polar surface area (TPSA) is 90.3 Å². The molecule has 4 N–H and O–H groups in total. The highest BCUT2D eigenvalue weighted by atomic mass is 19.1. The second-order valence-electron chi connectivity index (χ2n) is 6.11. The average Bonchev–Trinajstić information content (AvgIpc) is 2.57. The SMILES string of the molecule is CN(c1c(N)ncnc1N)C1CC(COCc2ccccc2)C1F. The minimum Gasteiger partial charge on any atom is -0.382 e. The van der Waals surface area contributed by atoms with Crippen LogP contribution >= 0.6 is 0 Å². The summed E-state index contributed by atoms with van der Waals surface area (Å²) in [5.41, 5.74) is 13.3. The van der Waals surface area contributed by atoms with E-state index >= 15 is 0 Å². The molecule has 0 bridgehead atoms. The van der Waals surface area contributed by atoms with Gasteiger partial charge in [-0.25, -0.2) is 14.4 Å². The zero-order valence-corrected chi connectivity index (χ0v) is 13.6. The summed E-state index contributed by atoms with van der Waals surface area (Å²) in [5, 5.41) is 0. The molecule has 0 amide bonds. The summed E-state index contributed by atoms with van der Waals surface area (Å²) >= 11 is 0. The molecule has 2 aromatic rings. The third kappa shape index (κ3) is 3.26. The fourth-order valence-corrected chi connectivity index (χ4v) is 3.06. The van der Waals surface area contributed by atoms with Crippen molar-refractivity contribution in [1.29, 1.82) is 0 Å². The maximum absolute atomic E-state index is 14.5. The Morgan fingerprint density at radius 3 is 2.50 bits per heavy atom. The van der Waals surface area contributed by atoms with Gasteiger partial charge in [-0.1, -0.05) is 30.3 Å². The van der Waals surface area contributed by atoms with Crippen molar-refractivity contribution in [3.63, 3.8) is 0 Å². The molecule has 1 aliphatic carbocycles. The first-order valence-corrected chi connectivity index (χ1v) is 7.92. The molecule has 0 radical (unpaired) electrons. The summed E-state index contributed by atoms with van der Waals surface area (Å²) in [6.45, 7) is 0.896. The number of anilines is 3. The number of rotatable bonds is 6. The molecule has 1 saturated carbocycles. The van der Waals surface area contributed by atoms with E-state index in [4.69, 9.17) is 16.2 Å². The van der Waals surface area contributed by atoms with Crippen LogP contribution in [0.15, 0.2) is 36.7 Å². The smallest absolute Gasteiger partial charge is 0.152 e. The lowest BCUT2D eigenvalue weighted by atomic mass is 9.77. The highest BCUT2D eigenvalue weighted by Gasteiger charge is 2.44. The number of alkyl halides is 1. The number of benzene rings is 1. The number of ether oxygens (including phenoxy) is 1. The van der Waals surface area contributed by atoms with Crippen molar-refractivity contribution in [1.82, 2.24) is 9.97 Å². The Hall–Kier alpha value is -2.41. The zero-order chi connectivity index (χ0) is 17.1. The van der Waals surface area contributed by atoms with Crippen LogP contribution < -0.4 is 16.4 Å². The van der Waals surface area contributed by atoms with Gasteiger partial charge in [0.15, 0.2) is 11.6 Å². The zero-order valence-electron chi connectivity index (χ0n) is 13.6. The van der Waals surface area contributed by atoms with Gasteiger partial charge in [-0.05, 0) is 12.0 Å². The molecule has 3 rings (SSSR count). The Labute approximate surface area is 140 Å². The maximum atomic E-state index is 14.5. The predicted molar refractivity (Wildman–Crippen MR) is 92.1 cm³/mol. The van der Waals surface area contributed by atoms with E-state index < -0.39 is 6.17 Å². The molecule has 7 heteroatoms. The van der Waals surface area contributed by atoms with Crippen LogP contribution in [-0.2, 0) is 11.3 Å². The largest absolute Gasteiger partial charge is 0.382 e. The molecular formula is C17H22FN5O. The standard InChI is InChI=1S/C17H22FN5O/c1-23(15-16(19)21-10-22-17(15)20)13-7-12(14(13)18)9-24-8-11-5-3-2-4-6-11/h2-6,10,12-14H,7-9H2,1H3,(H4,19,20,21,22).